The fourth-order valence-electron chi connectivity index (χ4n) is 3.63. The summed E-state index contributed by atoms with van der Waals surface area (Å²) in [7, 11) is 0. The molecule has 0 N–H and O–H groups in total. The van der Waals surface area contributed by atoms with Crippen molar-refractivity contribution in [3.8, 4) is 0 Å². The van der Waals surface area contributed by atoms with Crippen molar-refractivity contribution in [1.29, 1.82) is 0 Å². The van der Waals surface area contributed by atoms with E-state index in [1.165, 1.54) is 24.3 Å². The number of nitrogens with zero attached hydrogens (tertiary/aromatic N) is 3. The lowest BCUT2D eigenvalue weighted by Crippen LogP contribution is -2.52. The number of aryl methyl sites for hydroxylation is 2. The van der Waals surface area contributed by atoms with Crippen LogP contribution in [0.1, 0.15) is 70.3 Å². The van der Waals surface area contributed by atoms with E-state index in [1.807, 2.05) is 59.7 Å². The van der Waals surface area contributed by atoms with E-state index in [-0.39, 0.29) is 0 Å². The number of hydrogen-bond donors (Lipinski definition) is 0. The molecule has 0 aliphatic rings. The molecule has 29 heavy (non-hydrogen) atoms. The van der Waals surface area contributed by atoms with Crippen LogP contribution in [0.2, 0.25) is 0 Å². The highest BCUT2D eigenvalue weighted by Gasteiger charge is 2.53. The number of ether oxygens (including phenoxy) is 2. The van der Waals surface area contributed by atoms with E-state index in [2.05, 4.69) is 10.1 Å². The zero-order valence-electron chi connectivity index (χ0n) is 18.4. The molecule has 158 valence electrons. The van der Waals surface area contributed by atoms with Crippen LogP contribution in [-0.4, -0.2) is 32.3 Å². The summed E-state index contributed by atoms with van der Waals surface area (Å²) in [6, 6.07) is 5.81. The van der Waals surface area contributed by atoms with Crippen molar-refractivity contribution >= 4 is 11.9 Å². The first-order valence-corrected chi connectivity index (χ1v) is 9.84. The van der Waals surface area contributed by atoms with E-state index < -0.39 is 29.2 Å². The molecule has 0 spiro atoms. The molecule has 7 nitrogen and oxygen atoms in total. The Morgan fingerprint density at radius 1 is 1.17 bits per heavy atom. The second-order valence-corrected chi connectivity index (χ2v) is 8.31. The van der Waals surface area contributed by atoms with Crippen molar-refractivity contribution in [2.24, 2.45) is 0 Å². The summed E-state index contributed by atoms with van der Waals surface area (Å²) in [6.45, 7) is 12.6. The Labute approximate surface area is 172 Å². The van der Waals surface area contributed by atoms with E-state index in [0.29, 0.717) is 12.8 Å². The topological polar surface area (TPSA) is 83.3 Å². The molecule has 0 aliphatic heterocycles. The van der Waals surface area contributed by atoms with Crippen molar-refractivity contribution in [2.45, 2.75) is 78.6 Å². The van der Waals surface area contributed by atoms with Crippen LogP contribution in [0.3, 0.4) is 0 Å². The Kier molecular flexibility index (Phi) is 6.82. The lowest BCUT2D eigenvalue weighted by Gasteiger charge is -2.40. The molecular formula is C22H31N3O4. The molecule has 0 fully saturated rings. The Balaban J connectivity index is 2.83. The average Bonchev–Trinajstić information content (AvgIpc) is 3.11. The van der Waals surface area contributed by atoms with Crippen molar-refractivity contribution in [2.75, 3.05) is 0 Å². The minimum Gasteiger partial charge on any atom is -0.458 e. The molecule has 0 aliphatic carbocycles. The van der Waals surface area contributed by atoms with Crippen LogP contribution >= 0.6 is 0 Å². The molecule has 1 aromatic heterocycles. The summed E-state index contributed by atoms with van der Waals surface area (Å²) in [6.07, 6.45) is 2.92. The van der Waals surface area contributed by atoms with Gasteiger partial charge in [-0.2, -0.15) is 5.10 Å². The van der Waals surface area contributed by atoms with E-state index in [9.17, 15) is 9.59 Å². The summed E-state index contributed by atoms with van der Waals surface area (Å²) in [5.41, 5.74) is 0.498. The maximum Gasteiger partial charge on any atom is 0.338 e. The first kappa shape index (κ1) is 22.6. The third kappa shape index (κ3) is 4.83. The van der Waals surface area contributed by atoms with E-state index in [1.54, 1.807) is 0 Å². The first-order valence-electron chi connectivity index (χ1n) is 9.84. The lowest BCUT2D eigenvalue weighted by molar-refractivity contribution is -0.181. The van der Waals surface area contributed by atoms with Gasteiger partial charge in [0.25, 0.3) is 0 Å². The lowest BCUT2D eigenvalue weighted by atomic mass is 9.80. The van der Waals surface area contributed by atoms with Crippen LogP contribution in [0.25, 0.3) is 0 Å². The molecule has 2 rings (SSSR count). The van der Waals surface area contributed by atoms with Gasteiger partial charge in [-0.25, -0.2) is 14.5 Å². The third-order valence-corrected chi connectivity index (χ3v) is 4.73. The third-order valence-electron chi connectivity index (χ3n) is 4.73. The summed E-state index contributed by atoms with van der Waals surface area (Å²) >= 11 is 0. The monoisotopic (exact) mass is 401 g/mol. The van der Waals surface area contributed by atoms with Crippen LogP contribution in [0, 0.1) is 13.8 Å². The molecule has 2 aromatic rings. The van der Waals surface area contributed by atoms with Gasteiger partial charge in [0.05, 0.1) is 0 Å². The van der Waals surface area contributed by atoms with E-state index in [0.717, 1.165) is 16.7 Å². The highest BCUT2D eigenvalue weighted by Crippen LogP contribution is 2.43. The molecular weight excluding hydrogens is 370 g/mol. The standard InChI is InChI=1S/C22H31N3O4/c1-8-12-22(25-14-23-13-24-25,20(27)29-21(5,6)7)19(28-17(4)26)18-15(2)10-9-11-16(18)3/h9-11,13-14,19H,8,12H2,1-7H3. The van der Waals surface area contributed by atoms with Crippen molar-refractivity contribution < 1.29 is 19.1 Å². The molecule has 0 amide bonds. The number of rotatable bonds is 7. The van der Waals surface area contributed by atoms with Gasteiger partial charge in [0, 0.05) is 12.5 Å². The van der Waals surface area contributed by atoms with Gasteiger partial charge in [0.1, 0.15) is 18.3 Å². The van der Waals surface area contributed by atoms with E-state index in [4.69, 9.17) is 9.47 Å². The molecule has 7 heteroatoms. The van der Waals surface area contributed by atoms with Gasteiger partial charge in [-0.3, -0.25) is 4.79 Å². The fourth-order valence-corrected chi connectivity index (χ4v) is 3.63. The largest absolute Gasteiger partial charge is 0.458 e. The van der Waals surface area contributed by atoms with Crippen LogP contribution in [0.15, 0.2) is 30.9 Å². The van der Waals surface area contributed by atoms with Crippen LogP contribution in [0.5, 0.6) is 0 Å². The molecule has 2 atom stereocenters. The Bertz CT molecular complexity index is 835. The highest BCUT2D eigenvalue weighted by molar-refractivity contribution is 5.81. The van der Waals surface area contributed by atoms with Gasteiger partial charge in [0.2, 0.25) is 5.54 Å². The van der Waals surface area contributed by atoms with Gasteiger partial charge in [-0.15, -0.1) is 0 Å². The number of hydrogen-bond acceptors (Lipinski definition) is 6. The minimum atomic E-state index is -1.39. The van der Waals surface area contributed by atoms with Gasteiger partial charge >= 0.3 is 11.9 Å². The predicted molar refractivity (Wildman–Crippen MR) is 109 cm³/mol. The number of carbonyl (C=O) groups excluding carboxylic acids is 2. The average molecular weight is 402 g/mol. The second kappa shape index (κ2) is 8.76. The van der Waals surface area contributed by atoms with Crippen molar-refractivity contribution in [3.63, 3.8) is 0 Å². The molecule has 0 bridgehead atoms. The Morgan fingerprint density at radius 2 is 1.79 bits per heavy atom. The normalized spacial score (nSPS) is 14.7. The molecule has 0 radical (unpaired) electrons. The molecule has 0 saturated heterocycles. The maximum atomic E-state index is 13.7. The van der Waals surface area contributed by atoms with Crippen LogP contribution < -0.4 is 0 Å². The van der Waals surface area contributed by atoms with Gasteiger partial charge in [-0.1, -0.05) is 31.5 Å². The van der Waals surface area contributed by atoms with Gasteiger partial charge in [-0.05, 0) is 52.2 Å². The van der Waals surface area contributed by atoms with E-state index >= 15 is 0 Å². The smallest absolute Gasteiger partial charge is 0.338 e. The SMILES string of the molecule is CCCC(C(=O)OC(C)(C)C)(C(OC(C)=O)c1c(C)cccc1C)n1cncn1. The summed E-state index contributed by atoms with van der Waals surface area (Å²) in [5, 5.41) is 4.28. The molecule has 1 aromatic carbocycles. The second-order valence-electron chi connectivity index (χ2n) is 8.31. The molecule has 0 saturated carbocycles. The van der Waals surface area contributed by atoms with Crippen molar-refractivity contribution in [3.05, 3.63) is 47.5 Å². The summed E-state index contributed by atoms with van der Waals surface area (Å²) in [5.74, 6) is -0.993. The first-order chi connectivity index (χ1) is 13.5. The number of aromatic nitrogens is 3. The van der Waals surface area contributed by atoms with Crippen molar-refractivity contribution in [1.82, 2.24) is 14.8 Å². The predicted octanol–water partition coefficient (Wildman–Crippen LogP) is 4.04. The minimum absolute atomic E-state index is 0.358. The fraction of sp³-hybridized carbons (Fsp3) is 0.545. The zero-order valence-corrected chi connectivity index (χ0v) is 18.4. The quantitative estimate of drug-likeness (QED) is 0.651. The number of benzene rings is 1. The zero-order chi connectivity index (χ0) is 21.8. The Morgan fingerprint density at radius 3 is 2.24 bits per heavy atom. The molecule has 2 unspecified atom stereocenters. The van der Waals surface area contributed by atoms with Crippen LogP contribution in [0.4, 0.5) is 0 Å². The summed E-state index contributed by atoms with van der Waals surface area (Å²) in [4.78, 5) is 29.9. The van der Waals surface area contributed by atoms with Gasteiger partial charge < -0.3 is 9.47 Å². The molecule has 1 heterocycles. The Hall–Kier alpha value is -2.70. The van der Waals surface area contributed by atoms with Gasteiger partial charge in [0.15, 0.2) is 6.10 Å². The highest BCUT2D eigenvalue weighted by atomic mass is 16.6. The number of carbonyl (C=O) groups is 2. The van der Waals surface area contributed by atoms with Crippen LogP contribution in [-0.2, 0) is 24.6 Å². The number of esters is 2. The summed E-state index contributed by atoms with van der Waals surface area (Å²) < 4.78 is 13.1. The maximum absolute atomic E-state index is 13.7.